The molecule has 0 radical (unpaired) electrons. The molecule has 0 bridgehead atoms. The van der Waals surface area contributed by atoms with Gasteiger partial charge >= 0.3 is 12.2 Å². The highest BCUT2D eigenvalue weighted by Crippen LogP contribution is 2.35. The smallest absolute Gasteiger partial charge is 0.420 e. The van der Waals surface area contributed by atoms with Crippen LogP contribution >= 0.6 is 0 Å². The number of aryl methyl sites for hydroxylation is 1. The number of carbonyl (C=O) groups excluding carboxylic acids is 2. The Morgan fingerprint density at radius 1 is 0.930 bits per heavy atom. The van der Waals surface area contributed by atoms with Crippen LogP contribution in [0.2, 0.25) is 0 Å². The molecule has 2 aromatic carbocycles. The molecule has 1 aliphatic carbocycles. The molecule has 1 amide bonds. The van der Waals surface area contributed by atoms with E-state index in [-0.39, 0.29) is 6.04 Å². The molecule has 5 rings (SSSR count). The number of pyridine rings is 1. The molecule has 2 heterocycles. The largest absolute Gasteiger partial charge is 0.444 e. The van der Waals surface area contributed by atoms with Crippen molar-refractivity contribution >= 4 is 28.9 Å². The van der Waals surface area contributed by atoms with Gasteiger partial charge in [0.15, 0.2) is 0 Å². The van der Waals surface area contributed by atoms with Gasteiger partial charge in [-0.2, -0.15) is 0 Å². The van der Waals surface area contributed by atoms with E-state index in [2.05, 4.69) is 16.3 Å². The fraction of sp³-hybridized carbons (Fsp3) is 0.412. The zero-order valence-corrected chi connectivity index (χ0v) is 25.9. The number of nitrogens with zero attached hydrogens (tertiary/aromatic N) is 4. The number of benzene rings is 2. The monoisotopic (exact) mass is 583 g/mol. The lowest BCUT2D eigenvalue weighted by Crippen LogP contribution is -2.34. The standard InChI is InChI=1S/C34H41N5O4/c1-33(2,3)42-31(40)36-25-18-16-23(17-19-25)21-38(28-15-9-11-24-12-10-20-35-30(24)28)22-29-37-26-13-7-8-14-27(26)39(29)32(41)43-34(4,5)6/h7-8,10,12-14,16-20,28H,9,11,15,21-22H2,1-6H3,(H,36,40). The van der Waals surface area contributed by atoms with Gasteiger partial charge in [0.25, 0.3) is 0 Å². The van der Waals surface area contributed by atoms with Gasteiger partial charge in [-0.15, -0.1) is 0 Å². The summed E-state index contributed by atoms with van der Waals surface area (Å²) in [4.78, 5) is 37.8. The van der Waals surface area contributed by atoms with E-state index >= 15 is 0 Å². The average molecular weight is 584 g/mol. The fourth-order valence-electron chi connectivity index (χ4n) is 5.44. The van der Waals surface area contributed by atoms with Crippen LogP contribution in [0.5, 0.6) is 0 Å². The highest BCUT2D eigenvalue weighted by Gasteiger charge is 2.30. The van der Waals surface area contributed by atoms with Gasteiger partial charge < -0.3 is 9.47 Å². The summed E-state index contributed by atoms with van der Waals surface area (Å²) >= 11 is 0. The first-order valence-electron chi connectivity index (χ1n) is 14.8. The SMILES string of the molecule is CC(C)(C)OC(=O)Nc1ccc(CN(Cc2nc3ccccc3n2C(=O)OC(C)(C)C)C2CCCc3cccnc32)cc1. The van der Waals surface area contributed by atoms with E-state index < -0.39 is 23.4 Å². The Balaban J connectivity index is 1.48. The van der Waals surface area contributed by atoms with E-state index in [0.717, 1.165) is 36.0 Å². The van der Waals surface area contributed by atoms with Crippen LogP contribution in [0.3, 0.4) is 0 Å². The Morgan fingerprint density at radius 2 is 1.65 bits per heavy atom. The van der Waals surface area contributed by atoms with Crippen LogP contribution in [-0.4, -0.2) is 42.8 Å². The van der Waals surface area contributed by atoms with Crippen LogP contribution in [0.4, 0.5) is 15.3 Å². The van der Waals surface area contributed by atoms with Gasteiger partial charge in [0.05, 0.1) is 29.3 Å². The Morgan fingerprint density at radius 3 is 2.37 bits per heavy atom. The second kappa shape index (κ2) is 12.2. The number of fused-ring (bicyclic) bond motifs is 2. The van der Waals surface area contributed by atoms with Gasteiger partial charge in [0, 0.05) is 18.4 Å². The lowest BCUT2D eigenvalue weighted by Gasteiger charge is -2.35. The molecule has 2 aromatic heterocycles. The lowest BCUT2D eigenvalue weighted by atomic mass is 9.90. The summed E-state index contributed by atoms with van der Waals surface area (Å²) in [5, 5.41) is 2.80. The molecular formula is C34H41N5O4. The van der Waals surface area contributed by atoms with Crippen molar-refractivity contribution < 1.29 is 19.1 Å². The Kier molecular flexibility index (Phi) is 8.55. The van der Waals surface area contributed by atoms with Crippen LogP contribution < -0.4 is 5.32 Å². The Hall–Kier alpha value is -4.24. The van der Waals surface area contributed by atoms with Crippen LogP contribution in [0, 0.1) is 0 Å². The number of hydrogen-bond donors (Lipinski definition) is 1. The van der Waals surface area contributed by atoms with Crippen molar-refractivity contribution in [3.8, 4) is 0 Å². The molecule has 1 unspecified atom stereocenters. The summed E-state index contributed by atoms with van der Waals surface area (Å²) in [7, 11) is 0. The van der Waals surface area contributed by atoms with E-state index in [0.29, 0.717) is 30.1 Å². The number of imidazole rings is 1. The normalized spacial score (nSPS) is 15.3. The number of carbonyl (C=O) groups is 2. The number of ether oxygens (including phenoxy) is 2. The van der Waals surface area contributed by atoms with E-state index in [1.807, 2.05) is 102 Å². The molecule has 0 spiro atoms. The lowest BCUT2D eigenvalue weighted by molar-refractivity contribution is 0.0528. The summed E-state index contributed by atoms with van der Waals surface area (Å²) < 4.78 is 12.8. The number of anilines is 1. The molecule has 226 valence electrons. The molecule has 1 atom stereocenters. The maximum atomic E-state index is 13.5. The summed E-state index contributed by atoms with van der Waals surface area (Å²) in [5.41, 5.74) is 4.25. The zero-order valence-electron chi connectivity index (χ0n) is 25.9. The number of amides is 1. The molecule has 0 aliphatic heterocycles. The molecular weight excluding hydrogens is 542 g/mol. The second-order valence-corrected chi connectivity index (χ2v) is 13.0. The minimum atomic E-state index is -0.652. The van der Waals surface area contributed by atoms with Crippen molar-refractivity contribution in [1.82, 2.24) is 19.4 Å². The minimum Gasteiger partial charge on any atom is -0.444 e. The van der Waals surface area contributed by atoms with E-state index in [1.165, 1.54) is 5.56 Å². The van der Waals surface area contributed by atoms with Gasteiger partial charge in [-0.1, -0.05) is 30.3 Å². The van der Waals surface area contributed by atoms with Gasteiger partial charge in [-0.3, -0.25) is 15.2 Å². The van der Waals surface area contributed by atoms with Gasteiger partial charge in [-0.25, -0.2) is 19.1 Å². The first-order valence-corrected chi connectivity index (χ1v) is 14.8. The van der Waals surface area contributed by atoms with E-state index in [1.54, 1.807) is 4.57 Å². The van der Waals surface area contributed by atoms with Gasteiger partial charge in [-0.05, 0) is 102 Å². The molecule has 43 heavy (non-hydrogen) atoms. The number of aromatic nitrogens is 3. The summed E-state index contributed by atoms with van der Waals surface area (Å²) in [5.74, 6) is 0.613. The molecule has 9 heteroatoms. The highest BCUT2D eigenvalue weighted by molar-refractivity contribution is 5.87. The third kappa shape index (κ3) is 7.59. The first kappa shape index (κ1) is 30.2. The molecule has 0 saturated heterocycles. The molecule has 0 saturated carbocycles. The maximum absolute atomic E-state index is 13.5. The predicted molar refractivity (Wildman–Crippen MR) is 167 cm³/mol. The topological polar surface area (TPSA) is 98.6 Å². The number of para-hydroxylation sites is 2. The Bertz CT molecular complexity index is 1600. The summed E-state index contributed by atoms with van der Waals surface area (Å²) in [6.45, 7) is 12.1. The number of hydrogen-bond acceptors (Lipinski definition) is 7. The van der Waals surface area contributed by atoms with Crippen molar-refractivity contribution in [2.45, 2.75) is 91.1 Å². The third-order valence-electron chi connectivity index (χ3n) is 7.14. The molecule has 1 aliphatic rings. The average Bonchev–Trinajstić information content (AvgIpc) is 3.29. The van der Waals surface area contributed by atoms with E-state index in [4.69, 9.17) is 19.4 Å². The Labute approximate surface area is 253 Å². The van der Waals surface area contributed by atoms with Crippen molar-refractivity contribution in [3.63, 3.8) is 0 Å². The number of nitrogens with one attached hydrogen (secondary N) is 1. The van der Waals surface area contributed by atoms with Crippen molar-refractivity contribution in [2.75, 3.05) is 5.32 Å². The van der Waals surface area contributed by atoms with Crippen molar-refractivity contribution in [2.24, 2.45) is 0 Å². The molecule has 1 N–H and O–H groups in total. The van der Waals surface area contributed by atoms with Crippen LogP contribution in [-0.2, 0) is 29.0 Å². The fourth-order valence-corrected chi connectivity index (χ4v) is 5.44. The molecule has 4 aromatic rings. The molecule has 9 nitrogen and oxygen atoms in total. The van der Waals surface area contributed by atoms with Crippen LogP contribution in [0.15, 0.2) is 66.9 Å². The van der Waals surface area contributed by atoms with Crippen LogP contribution in [0.25, 0.3) is 11.0 Å². The van der Waals surface area contributed by atoms with Gasteiger partial charge in [0.2, 0.25) is 0 Å². The second-order valence-electron chi connectivity index (χ2n) is 13.0. The summed E-state index contributed by atoms with van der Waals surface area (Å²) in [6.07, 6.45) is 3.89. The predicted octanol–water partition coefficient (Wildman–Crippen LogP) is 7.64. The number of rotatable bonds is 6. The quantitative estimate of drug-likeness (QED) is 0.249. The maximum Gasteiger partial charge on any atom is 0.420 e. The first-order chi connectivity index (χ1) is 20.4. The minimum absolute atomic E-state index is 0.0383. The van der Waals surface area contributed by atoms with Crippen molar-refractivity contribution in [3.05, 3.63) is 89.5 Å². The van der Waals surface area contributed by atoms with Crippen molar-refractivity contribution in [1.29, 1.82) is 0 Å². The van der Waals surface area contributed by atoms with Gasteiger partial charge in [0.1, 0.15) is 17.0 Å². The molecule has 0 fully saturated rings. The third-order valence-corrected chi connectivity index (χ3v) is 7.14. The van der Waals surface area contributed by atoms with Crippen LogP contribution in [0.1, 0.15) is 83.1 Å². The summed E-state index contributed by atoms with van der Waals surface area (Å²) in [6, 6.07) is 19.6. The highest BCUT2D eigenvalue weighted by atomic mass is 16.6. The van der Waals surface area contributed by atoms with E-state index in [9.17, 15) is 9.59 Å². The zero-order chi connectivity index (χ0) is 30.8.